The van der Waals surface area contributed by atoms with Gasteiger partial charge >= 0.3 is 0 Å². The highest BCUT2D eigenvalue weighted by atomic mass is 32.1. The second-order valence-corrected chi connectivity index (χ2v) is 4.31. The number of rotatable bonds is 3. The predicted molar refractivity (Wildman–Crippen MR) is 79.2 cm³/mol. The first kappa shape index (κ1) is 12.0. The topological polar surface area (TPSA) is 0 Å². The molecule has 0 spiro atoms. The Balaban J connectivity index is 2.48. The molecule has 2 rings (SSSR count). The lowest BCUT2D eigenvalue weighted by Gasteiger charge is -2.10. The van der Waals surface area contributed by atoms with Gasteiger partial charge in [0.1, 0.15) is 0 Å². The first-order valence-electron chi connectivity index (χ1n) is 5.74. The summed E-state index contributed by atoms with van der Waals surface area (Å²) in [4.78, 5) is 0. The lowest BCUT2D eigenvalue weighted by molar-refractivity contribution is 1.52. The van der Waals surface area contributed by atoms with E-state index in [0.29, 0.717) is 0 Å². The average Bonchev–Trinajstić information content (AvgIpc) is 2.42. The van der Waals surface area contributed by atoms with Crippen LogP contribution in [-0.2, 0) is 0 Å². The van der Waals surface area contributed by atoms with E-state index in [1.54, 1.807) is 0 Å². The Hall–Kier alpha value is -1.47. The van der Waals surface area contributed by atoms with Crippen LogP contribution in [0.5, 0.6) is 0 Å². The summed E-state index contributed by atoms with van der Waals surface area (Å²) in [5.41, 5.74) is 5.11. The summed E-state index contributed by atoms with van der Waals surface area (Å²) in [6.07, 6.45) is 0. The molecule has 0 nitrogen and oxygen atoms in total. The van der Waals surface area contributed by atoms with Crippen LogP contribution in [0.2, 0.25) is 0 Å². The van der Waals surface area contributed by atoms with Crippen LogP contribution in [0.4, 0.5) is 0 Å². The molecule has 1 heteroatoms. The summed E-state index contributed by atoms with van der Waals surface area (Å²) in [6.45, 7) is 2.16. The number of hydrogen-bond acceptors (Lipinski definition) is 1. The molecule has 0 aliphatic carbocycles. The van der Waals surface area contributed by atoms with Crippen molar-refractivity contribution in [1.82, 2.24) is 0 Å². The van der Waals surface area contributed by atoms with Gasteiger partial charge in [-0.25, -0.2) is 0 Å². The SMILES string of the molecule is C/C(=C(/CS)c1ccccc1)c1ccccc1. The van der Waals surface area contributed by atoms with Crippen molar-refractivity contribution in [3.05, 3.63) is 71.8 Å². The van der Waals surface area contributed by atoms with Crippen LogP contribution < -0.4 is 0 Å². The van der Waals surface area contributed by atoms with Gasteiger partial charge in [-0.2, -0.15) is 12.6 Å². The Bertz CT molecular complexity index is 498. The van der Waals surface area contributed by atoms with Crippen LogP contribution in [0, 0.1) is 0 Å². The van der Waals surface area contributed by atoms with E-state index < -0.39 is 0 Å². The second-order valence-electron chi connectivity index (χ2n) is 3.99. The largest absolute Gasteiger partial charge is 0.175 e. The molecule has 0 aromatic heterocycles. The molecule has 2 aromatic rings. The maximum absolute atomic E-state index is 4.46. The van der Waals surface area contributed by atoms with Crippen molar-refractivity contribution in [3.63, 3.8) is 0 Å². The Morgan fingerprint density at radius 1 is 0.824 bits per heavy atom. The van der Waals surface area contributed by atoms with Crippen LogP contribution in [-0.4, -0.2) is 5.75 Å². The predicted octanol–water partition coefficient (Wildman–Crippen LogP) is 4.55. The molecule has 0 atom stereocenters. The fourth-order valence-electron chi connectivity index (χ4n) is 1.93. The van der Waals surface area contributed by atoms with E-state index in [-0.39, 0.29) is 0 Å². The zero-order chi connectivity index (χ0) is 12.1. The third-order valence-electron chi connectivity index (χ3n) is 2.94. The van der Waals surface area contributed by atoms with E-state index in [2.05, 4.69) is 68.1 Å². The molecule has 17 heavy (non-hydrogen) atoms. The highest BCUT2D eigenvalue weighted by Crippen LogP contribution is 2.26. The quantitative estimate of drug-likeness (QED) is 0.590. The molecule has 0 heterocycles. The molecule has 0 N–H and O–H groups in total. The molecule has 0 unspecified atom stereocenters. The van der Waals surface area contributed by atoms with Gasteiger partial charge in [0.05, 0.1) is 0 Å². The molecular weight excluding hydrogens is 224 g/mol. The van der Waals surface area contributed by atoms with E-state index in [1.807, 2.05) is 12.1 Å². The van der Waals surface area contributed by atoms with Gasteiger partial charge in [0.25, 0.3) is 0 Å². The summed E-state index contributed by atoms with van der Waals surface area (Å²) in [5, 5.41) is 0. The molecule has 0 fully saturated rings. The van der Waals surface area contributed by atoms with Gasteiger partial charge in [0.2, 0.25) is 0 Å². The minimum atomic E-state index is 0.755. The smallest absolute Gasteiger partial charge is 0.0163 e. The monoisotopic (exact) mass is 240 g/mol. The van der Waals surface area contributed by atoms with E-state index in [4.69, 9.17) is 0 Å². The molecule has 2 aromatic carbocycles. The lowest BCUT2D eigenvalue weighted by Crippen LogP contribution is -1.91. The Kier molecular flexibility index (Phi) is 4.05. The maximum atomic E-state index is 4.46. The van der Waals surface area contributed by atoms with Gasteiger partial charge in [-0.15, -0.1) is 0 Å². The Morgan fingerprint density at radius 3 is 1.76 bits per heavy atom. The fraction of sp³-hybridized carbons (Fsp3) is 0.125. The normalized spacial score (nSPS) is 12.1. The molecule has 0 amide bonds. The summed E-state index contributed by atoms with van der Waals surface area (Å²) in [7, 11) is 0. The number of thiol groups is 1. The zero-order valence-corrected chi connectivity index (χ0v) is 10.8. The summed E-state index contributed by atoms with van der Waals surface area (Å²) in [5.74, 6) is 0.755. The second kappa shape index (κ2) is 5.74. The van der Waals surface area contributed by atoms with Crippen molar-refractivity contribution in [3.8, 4) is 0 Å². The van der Waals surface area contributed by atoms with Gasteiger partial charge in [-0.1, -0.05) is 60.7 Å². The zero-order valence-electron chi connectivity index (χ0n) is 9.93. The Labute approximate surface area is 108 Å². The lowest BCUT2D eigenvalue weighted by atomic mass is 9.97. The van der Waals surface area contributed by atoms with Crippen molar-refractivity contribution < 1.29 is 0 Å². The Morgan fingerprint density at radius 2 is 1.29 bits per heavy atom. The van der Waals surface area contributed by atoms with Crippen molar-refractivity contribution in [1.29, 1.82) is 0 Å². The third-order valence-corrected chi connectivity index (χ3v) is 3.26. The molecule has 0 aliphatic heterocycles. The molecular formula is C16H16S. The first-order valence-corrected chi connectivity index (χ1v) is 6.37. The molecule has 0 saturated heterocycles. The van der Waals surface area contributed by atoms with Crippen molar-refractivity contribution >= 4 is 23.8 Å². The third kappa shape index (κ3) is 2.80. The van der Waals surface area contributed by atoms with Gasteiger partial charge < -0.3 is 0 Å². The van der Waals surface area contributed by atoms with E-state index >= 15 is 0 Å². The molecule has 0 aliphatic rings. The van der Waals surface area contributed by atoms with Gasteiger partial charge in [0.15, 0.2) is 0 Å². The molecule has 0 radical (unpaired) electrons. The van der Waals surface area contributed by atoms with Crippen LogP contribution in [0.15, 0.2) is 60.7 Å². The minimum absolute atomic E-state index is 0.755. The maximum Gasteiger partial charge on any atom is 0.0163 e. The number of benzene rings is 2. The fourth-order valence-corrected chi connectivity index (χ4v) is 2.35. The van der Waals surface area contributed by atoms with Crippen LogP contribution >= 0.6 is 12.6 Å². The van der Waals surface area contributed by atoms with Crippen molar-refractivity contribution in [2.24, 2.45) is 0 Å². The highest BCUT2D eigenvalue weighted by Gasteiger charge is 2.05. The number of allylic oxidation sites excluding steroid dienone is 1. The van der Waals surface area contributed by atoms with Crippen LogP contribution in [0.25, 0.3) is 11.1 Å². The summed E-state index contributed by atoms with van der Waals surface area (Å²) in [6, 6.07) is 20.9. The highest BCUT2D eigenvalue weighted by molar-refractivity contribution is 7.80. The summed E-state index contributed by atoms with van der Waals surface area (Å²) < 4.78 is 0. The average molecular weight is 240 g/mol. The van der Waals surface area contributed by atoms with E-state index in [9.17, 15) is 0 Å². The first-order chi connectivity index (χ1) is 8.33. The summed E-state index contributed by atoms with van der Waals surface area (Å²) >= 11 is 4.46. The minimum Gasteiger partial charge on any atom is -0.175 e. The van der Waals surface area contributed by atoms with Crippen LogP contribution in [0.1, 0.15) is 18.1 Å². The van der Waals surface area contributed by atoms with Crippen LogP contribution in [0.3, 0.4) is 0 Å². The van der Waals surface area contributed by atoms with Crippen molar-refractivity contribution in [2.45, 2.75) is 6.92 Å². The van der Waals surface area contributed by atoms with Gasteiger partial charge in [0, 0.05) is 5.75 Å². The molecule has 0 saturated carbocycles. The van der Waals surface area contributed by atoms with Crippen molar-refractivity contribution in [2.75, 3.05) is 5.75 Å². The van der Waals surface area contributed by atoms with E-state index in [1.165, 1.54) is 22.3 Å². The molecule has 86 valence electrons. The van der Waals surface area contributed by atoms with Gasteiger partial charge in [-0.3, -0.25) is 0 Å². The van der Waals surface area contributed by atoms with Gasteiger partial charge in [-0.05, 0) is 29.2 Å². The number of hydrogen-bond donors (Lipinski definition) is 1. The molecule has 0 bridgehead atoms. The standard InChI is InChI=1S/C16H16S/c1-13(14-8-4-2-5-9-14)16(12-17)15-10-6-3-7-11-15/h2-11,17H,12H2,1H3/b16-13+. The van der Waals surface area contributed by atoms with E-state index in [0.717, 1.165) is 5.75 Å².